The number of carbonyl (C=O) groups excluding carboxylic acids is 1. The van der Waals surface area contributed by atoms with Gasteiger partial charge < -0.3 is 10.6 Å². The van der Waals surface area contributed by atoms with Gasteiger partial charge in [-0.25, -0.2) is 9.37 Å². The normalized spacial score (nSPS) is 16.1. The van der Waals surface area contributed by atoms with Gasteiger partial charge in [0.25, 0.3) is 0 Å². The highest BCUT2D eigenvalue weighted by Gasteiger charge is 2.22. The molecule has 1 saturated heterocycles. The van der Waals surface area contributed by atoms with Crippen molar-refractivity contribution in [3.8, 4) is 11.1 Å². The van der Waals surface area contributed by atoms with Crippen molar-refractivity contribution >= 4 is 22.5 Å². The zero-order valence-electron chi connectivity index (χ0n) is 16.8. The summed E-state index contributed by atoms with van der Waals surface area (Å²) in [6, 6.07) is 7.89. The average molecular weight is 395 g/mol. The van der Waals surface area contributed by atoms with Crippen LogP contribution in [0.4, 0.5) is 10.2 Å². The molecular formula is C22H26FN5O. The molecule has 0 aliphatic carbocycles. The van der Waals surface area contributed by atoms with E-state index < -0.39 is 6.17 Å². The molecule has 0 bridgehead atoms. The maximum atomic E-state index is 13.8. The molecule has 6 nitrogen and oxygen atoms in total. The first-order chi connectivity index (χ1) is 14.0. The summed E-state index contributed by atoms with van der Waals surface area (Å²) < 4.78 is 15.6. The number of anilines is 1. The molecule has 1 aliphatic heterocycles. The van der Waals surface area contributed by atoms with Gasteiger partial charge in [-0.2, -0.15) is 5.10 Å². The van der Waals surface area contributed by atoms with Crippen LogP contribution in [0.3, 0.4) is 0 Å². The third kappa shape index (κ3) is 4.45. The van der Waals surface area contributed by atoms with E-state index >= 15 is 0 Å². The van der Waals surface area contributed by atoms with Crippen LogP contribution in [-0.4, -0.2) is 39.9 Å². The fourth-order valence-corrected chi connectivity index (χ4v) is 3.88. The number of aromatic nitrogens is 3. The Morgan fingerprint density at radius 1 is 1.31 bits per heavy atom. The van der Waals surface area contributed by atoms with Crippen LogP contribution in [-0.2, 0) is 18.3 Å². The minimum absolute atomic E-state index is 0.0130. The number of halogens is 1. The first kappa shape index (κ1) is 19.5. The topological polar surface area (TPSA) is 71.8 Å². The van der Waals surface area contributed by atoms with E-state index in [0.717, 1.165) is 47.8 Å². The summed E-state index contributed by atoms with van der Waals surface area (Å²) in [5.41, 5.74) is 2.69. The molecule has 3 aromatic rings. The zero-order chi connectivity index (χ0) is 20.4. The SMILES string of the molecule is C[C@H](F)Cc1nc(NC(=O)C2CCNCC2)cc2cc(-c3cnn(C)c3)ccc12. The quantitative estimate of drug-likeness (QED) is 0.694. The van der Waals surface area contributed by atoms with Crippen molar-refractivity contribution in [2.45, 2.75) is 32.4 Å². The number of amides is 1. The molecule has 4 rings (SSSR count). The molecule has 1 fully saturated rings. The fraction of sp³-hybridized carbons (Fsp3) is 0.409. The first-order valence-electron chi connectivity index (χ1n) is 10.1. The fourth-order valence-electron chi connectivity index (χ4n) is 3.88. The van der Waals surface area contributed by atoms with Crippen LogP contribution in [0.5, 0.6) is 0 Å². The number of benzene rings is 1. The van der Waals surface area contributed by atoms with E-state index in [1.165, 1.54) is 6.92 Å². The van der Waals surface area contributed by atoms with Crippen LogP contribution >= 0.6 is 0 Å². The van der Waals surface area contributed by atoms with Crippen molar-refractivity contribution in [2.24, 2.45) is 13.0 Å². The van der Waals surface area contributed by atoms with E-state index in [2.05, 4.69) is 20.7 Å². The van der Waals surface area contributed by atoms with Crippen LogP contribution < -0.4 is 10.6 Å². The molecule has 1 amide bonds. The number of rotatable bonds is 5. The van der Waals surface area contributed by atoms with Crippen molar-refractivity contribution < 1.29 is 9.18 Å². The number of nitrogens with zero attached hydrogens (tertiary/aromatic N) is 3. The second-order valence-corrected chi connectivity index (χ2v) is 7.79. The van der Waals surface area contributed by atoms with Crippen molar-refractivity contribution in [3.05, 3.63) is 42.4 Å². The highest BCUT2D eigenvalue weighted by molar-refractivity contribution is 5.96. The molecule has 3 heterocycles. The Morgan fingerprint density at radius 3 is 2.79 bits per heavy atom. The number of hydrogen-bond acceptors (Lipinski definition) is 4. The number of carbonyl (C=O) groups is 1. The maximum absolute atomic E-state index is 13.8. The van der Waals surface area contributed by atoms with Gasteiger partial charge in [0.05, 0.1) is 11.9 Å². The summed E-state index contributed by atoms with van der Waals surface area (Å²) >= 11 is 0. The number of pyridine rings is 1. The molecule has 1 atom stereocenters. The average Bonchev–Trinajstić information content (AvgIpc) is 3.14. The predicted molar refractivity (Wildman–Crippen MR) is 112 cm³/mol. The summed E-state index contributed by atoms with van der Waals surface area (Å²) in [7, 11) is 1.88. The summed E-state index contributed by atoms with van der Waals surface area (Å²) in [6.07, 6.45) is 4.59. The van der Waals surface area contributed by atoms with E-state index in [1.807, 2.05) is 43.7 Å². The van der Waals surface area contributed by atoms with Gasteiger partial charge in [0, 0.05) is 36.5 Å². The van der Waals surface area contributed by atoms with Gasteiger partial charge in [-0.3, -0.25) is 9.48 Å². The van der Waals surface area contributed by atoms with Gasteiger partial charge in [-0.05, 0) is 55.9 Å². The van der Waals surface area contributed by atoms with E-state index in [4.69, 9.17) is 0 Å². The number of aryl methyl sites for hydroxylation is 1. The summed E-state index contributed by atoms with van der Waals surface area (Å²) in [5, 5.41) is 12.3. The number of nitrogens with one attached hydrogen (secondary N) is 2. The third-order valence-corrected chi connectivity index (χ3v) is 5.38. The molecule has 0 saturated carbocycles. The van der Waals surface area contributed by atoms with E-state index in [9.17, 15) is 9.18 Å². The van der Waals surface area contributed by atoms with Gasteiger partial charge in [-0.15, -0.1) is 0 Å². The highest BCUT2D eigenvalue weighted by Crippen LogP contribution is 2.28. The van der Waals surface area contributed by atoms with Crippen molar-refractivity contribution in [1.82, 2.24) is 20.1 Å². The molecule has 2 N–H and O–H groups in total. The predicted octanol–water partition coefficient (Wildman–Crippen LogP) is 3.47. The van der Waals surface area contributed by atoms with Crippen molar-refractivity contribution in [3.63, 3.8) is 0 Å². The van der Waals surface area contributed by atoms with Crippen LogP contribution in [0.25, 0.3) is 21.9 Å². The number of hydrogen-bond donors (Lipinski definition) is 2. The van der Waals surface area contributed by atoms with Gasteiger partial charge >= 0.3 is 0 Å². The summed E-state index contributed by atoms with van der Waals surface area (Å²) in [4.78, 5) is 17.2. The molecule has 1 aromatic carbocycles. The molecule has 7 heteroatoms. The molecule has 0 spiro atoms. The Balaban J connectivity index is 1.70. The zero-order valence-corrected chi connectivity index (χ0v) is 16.8. The molecule has 0 radical (unpaired) electrons. The van der Waals surface area contributed by atoms with Gasteiger partial charge in [0.2, 0.25) is 5.91 Å². The smallest absolute Gasteiger partial charge is 0.228 e. The lowest BCUT2D eigenvalue weighted by Crippen LogP contribution is -2.34. The van der Waals surface area contributed by atoms with Crippen molar-refractivity contribution in [1.29, 1.82) is 0 Å². The lowest BCUT2D eigenvalue weighted by Gasteiger charge is -2.22. The third-order valence-electron chi connectivity index (χ3n) is 5.38. The Bertz CT molecular complexity index is 1020. The molecule has 29 heavy (non-hydrogen) atoms. The molecule has 0 unspecified atom stereocenters. The minimum atomic E-state index is -1.01. The molecule has 152 valence electrons. The second-order valence-electron chi connectivity index (χ2n) is 7.79. The van der Waals surface area contributed by atoms with Gasteiger partial charge in [-0.1, -0.05) is 12.1 Å². The molecule has 2 aromatic heterocycles. The van der Waals surface area contributed by atoms with Gasteiger partial charge in [0.1, 0.15) is 12.0 Å². The largest absolute Gasteiger partial charge is 0.317 e. The van der Waals surface area contributed by atoms with E-state index in [1.54, 1.807) is 4.68 Å². The van der Waals surface area contributed by atoms with E-state index in [0.29, 0.717) is 11.5 Å². The second kappa shape index (κ2) is 8.29. The lowest BCUT2D eigenvalue weighted by atomic mass is 9.97. The Labute approximate surface area is 169 Å². The van der Waals surface area contributed by atoms with Crippen LogP contribution in [0, 0.1) is 5.92 Å². The van der Waals surface area contributed by atoms with Crippen LogP contribution in [0.1, 0.15) is 25.5 Å². The number of fused-ring (bicyclic) bond motifs is 1. The van der Waals surface area contributed by atoms with E-state index in [-0.39, 0.29) is 18.2 Å². The lowest BCUT2D eigenvalue weighted by molar-refractivity contribution is -0.120. The molecule has 1 aliphatic rings. The Morgan fingerprint density at radius 2 is 2.10 bits per heavy atom. The van der Waals surface area contributed by atoms with Crippen LogP contribution in [0.15, 0.2) is 36.7 Å². The molecular weight excluding hydrogens is 369 g/mol. The number of alkyl halides is 1. The van der Waals surface area contributed by atoms with Crippen LogP contribution in [0.2, 0.25) is 0 Å². The van der Waals surface area contributed by atoms with Crippen molar-refractivity contribution in [2.75, 3.05) is 18.4 Å². The Hall–Kier alpha value is -2.80. The monoisotopic (exact) mass is 395 g/mol. The van der Waals surface area contributed by atoms with Gasteiger partial charge in [0.15, 0.2) is 0 Å². The minimum Gasteiger partial charge on any atom is -0.317 e. The number of piperidine rings is 1. The highest BCUT2D eigenvalue weighted by atomic mass is 19.1. The summed E-state index contributed by atoms with van der Waals surface area (Å²) in [6.45, 7) is 3.22. The first-order valence-corrected chi connectivity index (χ1v) is 10.1. The summed E-state index contributed by atoms with van der Waals surface area (Å²) in [5.74, 6) is 0.458. The standard InChI is InChI=1S/C22H26FN5O/c1-14(23)9-20-19-4-3-16(18-12-25-28(2)13-18)10-17(19)11-21(26-20)27-22(29)15-5-7-24-8-6-15/h3-4,10-15,24H,5-9H2,1-2H3,(H,26,27,29)/t14-/m0/s1. The maximum Gasteiger partial charge on any atom is 0.228 e. The Kier molecular flexibility index (Phi) is 5.58.